The largest absolute Gasteiger partial charge is 0.296 e. The molecule has 0 fully saturated rings. The maximum Gasteiger partial charge on any atom is 0.179 e. The van der Waals surface area contributed by atoms with Crippen molar-refractivity contribution >= 4 is 39.2 Å². The normalized spacial score (nSPS) is 11.6. The molecule has 18 heavy (non-hydrogen) atoms. The highest BCUT2D eigenvalue weighted by atomic mass is 35.5. The molecule has 0 saturated carbocycles. The molecule has 0 saturated heterocycles. The smallest absolute Gasteiger partial charge is 0.179 e. The van der Waals surface area contributed by atoms with Gasteiger partial charge in [0.1, 0.15) is 5.65 Å². The van der Waals surface area contributed by atoms with E-state index in [1.165, 1.54) is 0 Å². The standard InChI is InChI=1S/C14H8ClN3/c15-10-5-6-12-17-14-13(18(12)8-10)11-4-2-1-3-9(11)7-16-14/h1-8H. The number of hydrogen-bond acceptors (Lipinski definition) is 2. The fourth-order valence-corrected chi connectivity index (χ4v) is 2.46. The van der Waals surface area contributed by atoms with Crippen LogP contribution in [0.2, 0.25) is 5.02 Å². The molecule has 0 amide bonds. The number of fused-ring (bicyclic) bond motifs is 5. The number of aromatic nitrogens is 3. The Morgan fingerprint density at radius 3 is 2.89 bits per heavy atom. The van der Waals surface area contributed by atoms with Crippen molar-refractivity contribution in [1.29, 1.82) is 0 Å². The van der Waals surface area contributed by atoms with Crippen LogP contribution in [0.25, 0.3) is 27.6 Å². The predicted molar refractivity (Wildman–Crippen MR) is 73.0 cm³/mol. The van der Waals surface area contributed by atoms with Crippen LogP contribution in [0.5, 0.6) is 0 Å². The molecular weight excluding hydrogens is 246 g/mol. The van der Waals surface area contributed by atoms with Crippen LogP contribution in [-0.2, 0) is 0 Å². The summed E-state index contributed by atoms with van der Waals surface area (Å²) in [6, 6.07) is 11.9. The van der Waals surface area contributed by atoms with E-state index in [1.54, 1.807) is 0 Å². The van der Waals surface area contributed by atoms with Gasteiger partial charge < -0.3 is 0 Å². The van der Waals surface area contributed by atoms with Gasteiger partial charge in [-0.15, -0.1) is 0 Å². The van der Waals surface area contributed by atoms with Crippen LogP contribution in [0.15, 0.2) is 48.8 Å². The zero-order valence-corrected chi connectivity index (χ0v) is 10.1. The minimum atomic E-state index is 0.690. The number of hydrogen-bond donors (Lipinski definition) is 0. The monoisotopic (exact) mass is 253 g/mol. The molecule has 4 rings (SSSR count). The molecule has 86 valence electrons. The summed E-state index contributed by atoms with van der Waals surface area (Å²) in [6.07, 6.45) is 3.73. The van der Waals surface area contributed by atoms with E-state index >= 15 is 0 Å². The fraction of sp³-hybridized carbons (Fsp3) is 0. The number of halogens is 1. The maximum absolute atomic E-state index is 6.06. The highest BCUT2D eigenvalue weighted by Crippen LogP contribution is 2.25. The summed E-state index contributed by atoms with van der Waals surface area (Å²) in [5.74, 6) is 0. The molecule has 0 atom stereocenters. The first-order valence-corrected chi connectivity index (χ1v) is 6.02. The van der Waals surface area contributed by atoms with Crippen molar-refractivity contribution < 1.29 is 0 Å². The summed E-state index contributed by atoms with van der Waals surface area (Å²) in [5, 5.41) is 2.93. The summed E-state index contributed by atoms with van der Waals surface area (Å²) < 4.78 is 1.99. The molecule has 3 heterocycles. The van der Waals surface area contributed by atoms with Crippen LogP contribution in [0.3, 0.4) is 0 Å². The van der Waals surface area contributed by atoms with Crippen LogP contribution in [-0.4, -0.2) is 14.4 Å². The molecule has 0 aliphatic carbocycles. The molecular formula is C14H8ClN3. The van der Waals surface area contributed by atoms with Crippen molar-refractivity contribution in [1.82, 2.24) is 14.4 Å². The minimum absolute atomic E-state index is 0.690. The van der Waals surface area contributed by atoms with Gasteiger partial charge in [-0.05, 0) is 12.1 Å². The van der Waals surface area contributed by atoms with Crippen LogP contribution in [0.1, 0.15) is 0 Å². The molecule has 4 aromatic rings. The van der Waals surface area contributed by atoms with Gasteiger partial charge in [-0.2, -0.15) is 0 Å². The van der Waals surface area contributed by atoms with Crippen molar-refractivity contribution in [3.8, 4) is 0 Å². The van der Waals surface area contributed by atoms with E-state index in [2.05, 4.69) is 16.0 Å². The molecule has 0 unspecified atom stereocenters. The molecule has 0 aliphatic rings. The lowest BCUT2D eigenvalue weighted by molar-refractivity contribution is 1.23. The molecule has 4 heteroatoms. The number of imidazole rings is 1. The molecule has 3 nitrogen and oxygen atoms in total. The number of rotatable bonds is 0. The first kappa shape index (κ1) is 9.85. The van der Waals surface area contributed by atoms with Crippen LogP contribution < -0.4 is 0 Å². The Kier molecular flexibility index (Phi) is 1.88. The maximum atomic E-state index is 6.06. The first-order valence-electron chi connectivity index (χ1n) is 5.64. The van der Waals surface area contributed by atoms with Crippen molar-refractivity contribution in [2.24, 2.45) is 0 Å². The first-order chi connectivity index (χ1) is 8.83. The summed E-state index contributed by atoms with van der Waals surface area (Å²) >= 11 is 6.06. The Morgan fingerprint density at radius 2 is 1.94 bits per heavy atom. The Morgan fingerprint density at radius 1 is 1.06 bits per heavy atom. The third kappa shape index (κ3) is 1.25. The van der Waals surface area contributed by atoms with Gasteiger partial charge in [0.05, 0.1) is 10.5 Å². The average molecular weight is 254 g/mol. The Bertz CT molecular complexity index is 895. The highest BCUT2D eigenvalue weighted by molar-refractivity contribution is 6.30. The van der Waals surface area contributed by atoms with Gasteiger partial charge in [-0.1, -0.05) is 35.9 Å². The van der Waals surface area contributed by atoms with E-state index < -0.39 is 0 Å². The zero-order valence-electron chi connectivity index (χ0n) is 9.34. The van der Waals surface area contributed by atoms with Gasteiger partial charge >= 0.3 is 0 Å². The van der Waals surface area contributed by atoms with E-state index in [0.29, 0.717) is 5.02 Å². The lowest BCUT2D eigenvalue weighted by Gasteiger charge is -2.00. The van der Waals surface area contributed by atoms with Gasteiger partial charge in [0.2, 0.25) is 0 Å². The predicted octanol–water partition coefficient (Wildman–Crippen LogP) is 3.69. The topological polar surface area (TPSA) is 30.2 Å². The quantitative estimate of drug-likeness (QED) is 0.478. The minimum Gasteiger partial charge on any atom is -0.296 e. The van der Waals surface area contributed by atoms with E-state index in [1.807, 2.05) is 47.1 Å². The third-order valence-electron chi connectivity index (χ3n) is 3.11. The summed E-state index contributed by atoms with van der Waals surface area (Å²) in [5.41, 5.74) is 2.61. The van der Waals surface area contributed by atoms with Gasteiger partial charge in [0, 0.05) is 23.2 Å². The third-order valence-corrected chi connectivity index (χ3v) is 3.33. The second-order valence-corrected chi connectivity index (χ2v) is 4.64. The van der Waals surface area contributed by atoms with Crippen LogP contribution in [0.4, 0.5) is 0 Å². The lowest BCUT2D eigenvalue weighted by Crippen LogP contribution is -1.85. The van der Waals surface area contributed by atoms with E-state index in [4.69, 9.17) is 11.6 Å². The van der Waals surface area contributed by atoms with E-state index in [0.717, 1.165) is 27.6 Å². The lowest BCUT2D eigenvalue weighted by atomic mass is 10.1. The molecule has 0 aliphatic heterocycles. The molecule has 1 aromatic carbocycles. The van der Waals surface area contributed by atoms with Crippen molar-refractivity contribution in [3.63, 3.8) is 0 Å². The second-order valence-electron chi connectivity index (χ2n) is 4.20. The van der Waals surface area contributed by atoms with Gasteiger partial charge in [-0.3, -0.25) is 4.40 Å². The molecule has 0 radical (unpaired) electrons. The Hall–Kier alpha value is -2.13. The van der Waals surface area contributed by atoms with E-state index in [9.17, 15) is 0 Å². The summed E-state index contributed by atoms with van der Waals surface area (Å²) in [4.78, 5) is 8.90. The van der Waals surface area contributed by atoms with Gasteiger partial charge in [0.25, 0.3) is 0 Å². The zero-order chi connectivity index (χ0) is 12.1. The van der Waals surface area contributed by atoms with Crippen molar-refractivity contribution in [3.05, 3.63) is 53.8 Å². The highest BCUT2D eigenvalue weighted by Gasteiger charge is 2.09. The molecule has 3 aromatic heterocycles. The molecule has 0 bridgehead atoms. The van der Waals surface area contributed by atoms with Gasteiger partial charge in [0.15, 0.2) is 5.65 Å². The molecule has 0 spiro atoms. The SMILES string of the molecule is Clc1ccc2nc3ncc4ccccc4c3n2c1. The Balaban J connectivity index is 2.35. The number of benzene rings is 1. The van der Waals surface area contributed by atoms with Crippen LogP contribution >= 0.6 is 11.6 Å². The Labute approximate surface area is 108 Å². The van der Waals surface area contributed by atoms with Crippen LogP contribution in [0, 0.1) is 0 Å². The second kappa shape index (κ2) is 3.43. The van der Waals surface area contributed by atoms with E-state index in [-0.39, 0.29) is 0 Å². The molecule has 0 N–H and O–H groups in total. The summed E-state index contributed by atoms with van der Waals surface area (Å²) in [7, 11) is 0. The average Bonchev–Trinajstić information content (AvgIpc) is 2.77. The fourth-order valence-electron chi connectivity index (χ4n) is 2.30. The number of nitrogens with zero attached hydrogens (tertiary/aromatic N) is 3. The van der Waals surface area contributed by atoms with Gasteiger partial charge in [-0.25, -0.2) is 9.97 Å². The van der Waals surface area contributed by atoms with Crippen molar-refractivity contribution in [2.75, 3.05) is 0 Å². The number of pyridine rings is 2. The van der Waals surface area contributed by atoms with Crippen molar-refractivity contribution in [2.45, 2.75) is 0 Å². The summed E-state index contributed by atoms with van der Waals surface area (Å²) in [6.45, 7) is 0.